The number of hydrogen-bond donors (Lipinski definition) is 0. The van der Waals surface area contributed by atoms with Crippen LogP contribution in [0.15, 0.2) is 200 Å². The van der Waals surface area contributed by atoms with E-state index in [0.717, 1.165) is 61.2 Å². The van der Waals surface area contributed by atoms with Gasteiger partial charge in [-0.25, -0.2) is 15.0 Å². The molecule has 5 heteroatoms. The van der Waals surface area contributed by atoms with E-state index in [0.29, 0.717) is 17.5 Å². The summed E-state index contributed by atoms with van der Waals surface area (Å²) in [5.74, 6) is 1.87. The monoisotopic (exact) mass is 739 g/mol. The second kappa shape index (κ2) is 12.8. The van der Waals surface area contributed by atoms with Gasteiger partial charge in [-0.15, -0.1) is 0 Å². The van der Waals surface area contributed by atoms with Gasteiger partial charge in [0.15, 0.2) is 17.5 Å². The maximum absolute atomic E-state index is 5.27. The van der Waals surface area contributed by atoms with E-state index in [-0.39, 0.29) is 0 Å². The van der Waals surface area contributed by atoms with Crippen molar-refractivity contribution in [2.75, 3.05) is 4.90 Å². The predicted molar refractivity (Wildman–Crippen MR) is 239 cm³/mol. The van der Waals surface area contributed by atoms with Gasteiger partial charge in [-0.1, -0.05) is 133 Å². The minimum Gasteiger partial charge on any atom is -0.309 e. The number of benzene rings is 9. The fourth-order valence-corrected chi connectivity index (χ4v) is 8.88. The Morgan fingerprint density at radius 2 is 0.914 bits per heavy atom. The summed E-state index contributed by atoms with van der Waals surface area (Å²) in [4.78, 5) is 18.1. The van der Waals surface area contributed by atoms with Crippen LogP contribution in [0.25, 0.3) is 94.3 Å². The molecule has 2 aromatic heterocycles. The molecule has 0 spiro atoms. The van der Waals surface area contributed by atoms with Crippen LogP contribution in [-0.2, 0) is 0 Å². The molecule has 9 aromatic carbocycles. The number of anilines is 3. The van der Waals surface area contributed by atoms with Crippen LogP contribution in [0.5, 0.6) is 0 Å². The molecule has 5 nitrogen and oxygen atoms in total. The zero-order valence-electron chi connectivity index (χ0n) is 31.3. The molecule has 0 amide bonds. The summed E-state index contributed by atoms with van der Waals surface area (Å²) < 4.78 is 2.33. The van der Waals surface area contributed by atoms with E-state index in [1.54, 1.807) is 0 Å². The number of fused-ring (bicyclic) bond motifs is 6. The van der Waals surface area contributed by atoms with Crippen LogP contribution in [0.2, 0.25) is 0 Å². The van der Waals surface area contributed by atoms with E-state index >= 15 is 0 Å². The minimum atomic E-state index is 0.616. The second-order valence-corrected chi connectivity index (χ2v) is 14.9. The highest BCUT2D eigenvalue weighted by atomic mass is 15.2. The molecule has 58 heavy (non-hydrogen) atoms. The van der Waals surface area contributed by atoms with Gasteiger partial charge in [0.1, 0.15) is 0 Å². The van der Waals surface area contributed by atoms with Gasteiger partial charge in [0.25, 0.3) is 0 Å². The quantitative estimate of drug-likeness (QED) is 0.176. The molecule has 0 saturated carbocycles. The average Bonchev–Trinajstić information content (AvgIpc) is 3.63. The minimum absolute atomic E-state index is 0.616. The van der Waals surface area contributed by atoms with Crippen LogP contribution in [-0.4, -0.2) is 19.5 Å². The van der Waals surface area contributed by atoms with Gasteiger partial charge in [0, 0.05) is 49.8 Å². The van der Waals surface area contributed by atoms with E-state index in [1.807, 2.05) is 0 Å². The number of nitrogens with zero attached hydrogens (tertiary/aromatic N) is 5. The molecule has 0 aliphatic carbocycles. The molecule has 12 rings (SSSR count). The Kier molecular flexibility index (Phi) is 7.16. The summed E-state index contributed by atoms with van der Waals surface area (Å²) in [7, 11) is 0. The molecule has 0 atom stereocenters. The van der Waals surface area contributed by atoms with Gasteiger partial charge in [0.2, 0.25) is 0 Å². The van der Waals surface area contributed by atoms with E-state index in [9.17, 15) is 0 Å². The van der Waals surface area contributed by atoms with Crippen molar-refractivity contribution < 1.29 is 0 Å². The fraction of sp³-hybridized carbons (Fsp3) is 0. The second-order valence-electron chi connectivity index (χ2n) is 14.9. The Bertz CT molecular complexity index is 3420. The Morgan fingerprint density at radius 1 is 0.328 bits per heavy atom. The van der Waals surface area contributed by atoms with Gasteiger partial charge < -0.3 is 9.47 Å². The third kappa shape index (κ3) is 5.07. The Morgan fingerprint density at radius 3 is 1.78 bits per heavy atom. The molecule has 1 aliphatic rings. The maximum Gasteiger partial charge on any atom is 0.164 e. The van der Waals surface area contributed by atoms with Crippen molar-refractivity contribution in [3.63, 3.8) is 0 Å². The molecule has 1 aliphatic heterocycles. The smallest absolute Gasteiger partial charge is 0.164 e. The first-order valence-corrected chi connectivity index (χ1v) is 19.6. The largest absolute Gasteiger partial charge is 0.309 e. The lowest BCUT2D eigenvalue weighted by atomic mass is 9.91. The van der Waals surface area contributed by atoms with E-state index in [4.69, 9.17) is 15.0 Å². The lowest BCUT2D eigenvalue weighted by molar-refractivity contribution is 1.07. The zero-order chi connectivity index (χ0) is 38.2. The summed E-state index contributed by atoms with van der Waals surface area (Å²) >= 11 is 0. The third-order valence-corrected chi connectivity index (χ3v) is 11.5. The van der Waals surface area contributed by atoms with Crippen molar-refractivity contribution in [3.05, 3.63) is 200 Å². The standard InChI is InChI=1S/C53H33N5/c1-2-18-40(19-3-1)57-47-25-9-7-22-43(47)45-33-39(29-30-48(45)57)53-55-51(54-52(56-53)38-28-27-34-13-4-5-14-36(34)31-38)37-17-10-20-41(32-37)58-46-24-8-6-21-42(46)44-23-11-15-35-16-12-26-49(58)50(35)44/h1-33H. The molecule has 0 unspecified atom stereocenters. The molecule has 0 bridgehead atoms. The first-order chi connectivity index (χ1) is 28.7. The molecule has 11 aromatic rings. The van der Waals surface area contributed by atoms with Crippen LogP contribution in [0.4, 0.5) is 17.1 Å². The van der Waals surface area contributed by atoms with E-state index < -0.39 is 0 Å². The van der Waals surface area contributed by atoms with Gasteiger partial charge in [-0.05, 0) is 88.5 Å². The molecule has 270 valence electrons. The van der Waals surface area contributed by atoms with Crippen LogP contribution in [0.1, 0.15) is 0 Å². The Labute approximate surface area is 334 Å². The third-order valence-electron chi connectivity index (χ3n) is 11.5. The molecular weight excluding hydrogens is 707 g/mol. The number of aromatic nitrogens is 4. The zero-order valence-corrected chi connectivity index (χ0v) is 31.3. The van der Waals surface area contributed by atoms with Gasteiger partial charge in [0.05, 0.1) is 22.4 Å². The number of rotatable bonds is 5. The molecule has 3 heterocycles. The van der Waals surface area contributed by atoms with Crippen LogP contribution >= 0.6 is 0 Å². The first-order valence-electron chi connectivity index (χ1n) is 19.6. The van der Waals surface area contributed by atoms with Crippen LogP contribution in [0.3, 0.4) is 0 Å². The molecule has 0 N–H and O–H groups in total. The fourth-order valence-electron chi connectivity index (χ4n) is 8.88. The van der Waals surface area contributed by atoms with E-state index in [1.165, 1.54) is 32.7 Å². The summed E-state index contributed by atoms with van der Waals surface area (Å²) in [5.41, 5.74) is 12.0. The molecular formula is C53H33N5. The maximum atomic E-state index is 5.27. The van der Waals surface area contributed by atoms with Crippen molar-refractivity contribution in [3.8, 4) is 51.0 Å². The number of hydrogen-bond acceptors (Lipinski definition) is 4. The summed E-state index contributed by atoms with van der Waals surface area (Å²) in [6.07, 6.45) is 0. The Hall–Kier alpha value is -7.89. The van der Waals surface area contributed by atoms with Gasteiger partial charge in [-0.3, -0.25) is 0 Å². The van der Waals surface area contributed by atoms with Crippen molar-refractivity contribution in [1.82, 2.24) is 19.5 Å². The highest BCUT2D eigenvalue weighted by Crippen LogP contribution is 2.51. The number of para-hydroxylation sites is 3. The van der Waals surface area contributed by atoms with Crippen LogP contribution < -0.4 is 4.90 Å². The first kappa shape index (κ1) is 32.4. The predicted octanol–water partition coefficient (Wildman–Crippen LogP) is 13.7. The van der Waals surface area contributed by atoms with Crippen molar-refractivity contribution in [1.29, 1.82) is 0 Å². The van der Waals surface area contributed by atoms with Crippen molar-refractivity contribution in [2.24, 2.45) is 0 Å². The van der Waals surface area contributed by atoms with Crippen molar-refractivity contribution >= 4 is 60.4 Å². The lowest BCUT2D eigenvalue weighted by Gasteiger charge is -2.33. The van der Waals surface area contributed by atoms with Crippen molar-refractivity contribution in [2.45, 2.75) is 0 Å². The Balaban J connectivity index is 1.05. The molecule has 0 radical (unpaired) electrons. The summed E-state index contributed by atoms with van der Waals surface area (Å²) in [5, 5.41) is 7.10. The van der Waals surface area contributed by atoms with E-state index in [2.05, 4.69) is 210 Å². The lowest BCUT2D eigenvalue weighted by Crippen LogP contribution is -2.15. The molecule has 0 fully saturated rings. The summed E-state index contributed by atoms with van der Waals surface area (Å²) in [6.45, 7) is 0. The van der Waals surface area contributed by atoms with Gasteiger partial charge >= 0.3 is 0 Å². The highest BCUT2D eigenvalue weighted by Gasteiger charge is 2.26. The van der Waals surface area contributed by atoms with Crippen LogP contribution in [0, 0.1) is 0 Å². The average molecular weight is 740 g/mol. The summed E-state index contributed by atoms with van der Waals surface area (Å²) in [6, 6.07) is 71.0. The van der Waals surface area contributed by atoms with Gasteiger partial charge in [-0.2, -0.15) is 0 Å². The topological polar surface area (TPSA) is 46.8 Å². The highest BCUT2D eigenvalue weighted by molar-refractivity contribution is 6.14. The SMILES string of the molecule is c1ccc(-n2c3ccccc3c3cc(-c4nc(-c5cccc(N6c7ccccc7-c7cccc8cccc6c78)c5)nc(-c5ccc6ccccc6c5)n4)ccc32)cc1. The molecule has 0 saturated heterocycles. The normalized spacial score (nSPS) is 12.1.